The van der Waals surface area contributed by atoms with Gasteiger partial charge in [0.05, 0.1) is 5.92 Å². The highest BCUT2D eigenvalue weighted by Crippen LogP contribution is 2.27. The summed E-state index contributed by atoms with van der Waals surface area (Å²) in [6.07, 6.45) is -0.829. The van der Waals surface area contributed by atoms with Gasteiger partial charge in [-0.05, 0) is 19.3 Å². The van der Waals surface area contributed by atoms with Gasteiger partial charge in [-0.3, -0.25) is 4.79 Å². The molecule has 0 heterocycles. The molecule has 0 bridgehead atoms. The minimum atomic E-state index is -4.34. The van der Waals surface area contributed by atoms with Crippen molar-refractivity contribution in [1.82, 2.24) is 4.90 Å². The molecule has 2 atom stereocenters. The molecule has 0 aromatic heterocycles. The fourth-order valence-electron chi connectivity index (χ4n) is 2.36. The van der Waals surface area contributed by atoms with Crippen LogP contribution < -0.4 is 5.73 Å². The molecule has 2 unspecified atom stereocenters. The van der Waals surface area contributed by atoms with E-state index in [1.807, 2.05) is 6.92 Å². The molecular weight excluding hydrogens is 245 g/mol. The number of hydrogen-bond donors (Lipinski definition) is 1. The van der Waals surface area contributed by atoms with Gasteiger partial charge in [-0.25, -0.2) is 0 Å². The van der Waals surface area contributed by atoms with E-state index >= 15 is 0 Å². The van der Waals surface area contributed by atoms with Gasteiger partial charge in [0.15, 0.2) is 0 Å². The Morgan fingerprint density at radius 2 is 2.06 bits per heavy atom. The average Bonchev–Trinajstić information content (AvgIpc) is 2.68. The van der Waals surface area contributed by atoms with E-state index < -0.39 is 24.5 Å². The molecule has 1 fully saturated rings. The van der Waals surface area contributed by atoms with Crippen LogP contribution in [0.2, 0.25) is 0 Å². The van der Waals surface area contributed by atoms with Gasteiger partial charge >= 0.3 is 6.18 Å². The van der Waals surface area contributed by atoms with Gasteiger partial charge in [0.2, 0.25) is 5.91 Å². The van der Waals surface area contributed by atoms with Crippen molar-refractivity contribution in [2.75, 3.05) is 13.1 Å². The molecule has 1 saturated carbocycles. The summed E-state index contributed by atoms with van der Waals surface area (Å²) in [7, 11) is 0. The van der Waals surface area contributed by atoms with E-state index in [2.05, 4.69) is 0 Å². The largest absolute Gasteiger partial charge is 0.406 e. The van der Waals surface area contributed by atoms with E-state index in [-0.39, 0.29) is 12.6 Å². The van der Waals surface area contributed by atoms with Crippen LogP contribution in [-0.4, -0.2) is 36.1 Å². The number of alkyl halides is 3. The number of rotatable bonds is 5. The fraction of sp³-hybridized carbons (Fsp3) is 0.917. The summed E-state index contributed by atoms with van der Waals surface area (Å²) >= 11 is 0. The summed E-state index contributed by atoms with van der Waals surface area (Å²) < 4.78 is 37.4. The SMILES string of the molecule is CCCCN(CC(F)(F)F)C(=O)C1CCCC1N. The maximum atomic E-state index is 12.5. The Hall–Kier alpha value is -0.780. The molecule has 0 spiro atoms. The second-order valence-corrected chi connectivity index (χ2v) is 4.93. The molecule has 2 N–H and O–H groups in total. The highest BCUT2D eigenvalue weighted by Gasteiger charge is 2.38. The minimum Gasteiger partial charge on any atom is -0.333 e. The average molecular weight is 266 g/mol. The number of halogens is 3. The number of hydrogen-bond acceptors (Lipinski definition) is 2. The Labute approximate surface area is 106 Å². The maximum Gasteiger partial charge on any atom is 0.406 e. The highest BCUT2D eigenvalue weighted by molar-refractivity contribution is 5.80. The lowest BCUT2D eigenvalue weighted by Gasteiger charge is -2.28. The second kappa shape index (κ2) is 6.41. The van der Waals surface area contributed by atoms with Crippen molar-refractivity contribution in [2.45, 2.75) is 51.2 Å². The third kappa shape index (κ3) is 4.48. The quantitative estimate of drug-likeness (QED) is 0.830. The molecule has 106 valence electrons. The fourth-order valence-corrected chi connectivity index (χ4v) is 2.36. The van der Waals surface area contributed by atoms with Crippen LogP contribution in [0.1, 0.15) is 39.0 Å². The van der Waals surface area contributed by atoms with Crippen LogP contribution in [0.25, 0.3) is 0 Å². The Morgan fingerprint density at radius 1 is 1.39 bits per heavy atom. The first-order valence-electron chi connectivity index (χ1n) is 6.46. The molecule has 1 aliphatic carbocycles. The lowest BCUT2D eigenvalue weighted by Crippen LogP contribution is -2.46. The molecular formula is C12H21F3N2O. The number of carbonyl (C=O) groups excluding carboxylic acids is 1. The standard InChI is InChI=1S/C12H21F3N2O/c1-2-3-7-17(8-12(13,14)15)11(18)9-5-4-6-10(9)16/h9-10H,2-8,16H2,1H3. The number of unbranched alkanes of at least 4 members (excludes halogenated alkanes) is 1. The van der Waals surface area contributed by atoms with Gasteiger partial charge in [0.25, 0.3) is 0 Å². The molecule has 1 rings (SSSR count). The summed E-state index contributed by atoms with van der Waals surface area (Å²) in [6.45, 7) is 0.894. The van der Waals surface area contributed by atoms with E-state index in [1.165, 1.54) is 0 Å². The van der Waals surface area contributed by atoms with Crippen LogP contribution in [0.3, 0.4) is 0 Å². The van der Waals surface area contributed by atoms with E-state index in [0.29, 0.717) is 12.8 Å². The molecule has 0 aliphatic heterocycles. The van der Waals surface area contributed by atoms with Crippen molar-refractivity contribution in [3.05, 3.63) is 0 Å². The van der Waals surface area contributed by atoms with E-state index in [9.17, 15) is 18.0 Å². The van der Waals surface area contributed by atoms with Gasteiger partial charge in [0.1, 0.15) is 6.54 Å². The van der Waals surface area contributed by atoms with E-state index in [1.54, 1.807) is 0 Å². The van der Waals surface area contributed by atoms with Gasteiger partial charge < -0.3 is 10.6 Å². The van der Waals surface area contributed by atoms with Crippen molar-refractivity contribution in [1.29, 1.82) is 0 Å². The summed E-state index contributed by atoms with van der Waals surface area (Å²) in [5, 5.41) is 0. The summed E-state index contributed by atoms with van der Waals surface area (Å²) in [5.41, 5.74) is 5.78. The van der Waals surface area contributed by atoms with Crippen molar-refractivity contribution in [3.8, 4) is 0 Å². The maximum absolute atomic E-state index is 12.5. The first-order valence-corrected chi connectivity index (χ1v) is 6.46. The molecule has 0 radical (unpaired) electrons. The topological polar surface area (TPSA) is 46.3 Å². The minimum absolute atomic E-state index is 0.165. The third-order valence-corrected chi connectivity index (χ3v) is 3.35. The zero-order valence-electron chi connectivity index (χ0n) is 10.7. The van der Waals surface area contributed by atoms with Crippen molar-refractivity contribution in [2.24, 2.45) is 11.7 Å². The predicted octanol–water partition coefficient (Wildman–Crippen LogP) is 2.30. The molecule has 0 aromatic carbocycles. The zero-order chi connectivity index (χ0) is 13.8. The molecule has 0 saturated heterocycles. The Morgan fingerprint density at radius 3 is 2.50 bits per heavy atom. The molecule has 18 heavy (non-hydrogen) atoms. The van der Waals surface area contributed by atoms with Crippen molar-refractivity contribution >= 4 is 5.91 Å². The number of carbonyl (C=O) groups is 1. The van der Waals surface area contributed by atoms with Crippen LogP contribution in [0.15, 0.2) is 0 Å². The van der Waals surface area contributed by atoms with Crippen LogP contribution in [0, 0.1) is 5.92 Å². The number of nitrogens with two attached hydrogens (primary N) is 1. The van der Waals surface area contributed by atoms with Gasteiger partial charge in [-0.1, -0.05) is 19.8 Å². The van der Waals surface area contributed by atoms with Crippen LogP contribution in [0.4, 0.5) is 13.2 Å². The lowest BCUT2D eigenvalue weighted by atomic mass is 10.0. The van der Waals surface area contributed by atoms with Crippen LogP contribution in [0.5, 0.6) is 0 Å². The van der Waals surface area contributed by atoms with Crippen molar-refractivity contribution < 1.29 is 18.0 Å². The van der Waals surface area contributed by atoms with Crippen LogP contribution >= 0.6 is 0 Å². The smallest absolute Gasteiger partial charge is 0.333 e. The Balaban J connectivity index is 2.65. The summed E-state index contributed by atoms with van der Waals surface area (Å²) in [5.74, 6) is -0.852. The van der Waals surface area contributed by atoms with E-state index in [0.717, 1.165) is 24.2 Å². The summed E-state index contributed by atoms with van der Waals surface area (Å²) in [6, 6.07) is -0.283. The molecule has 6 heteroatoms. The van der Waals surface area contributed by atoms with E-state index in [4.69, 9.17) is 5.73 Å². The number of amides is 1. The monoisotopic (exact) mass is 266 g/mol. The van der Waals surface area contributed by atoms with Gasteiger partial charge in [-0.15, -0.1) is 0 Å². The first-order chi connectivity index (χ1) is 8.35. The first kappa shape index (κ1) is 15.3. The molecule has 1 amide bonds. The Bertz CT molecular complexity index is 281. The second-order valence-electron chi connectivity index (χ2n) is 4.93. The normalized spacial score (nSPS) is 24.3. The zero-order valence-corrected chi connectivity index (χ0v) is 10.7. The Kier molecular flexibility index (Phi) is 5.44. The lowest BCUT2D eigenvalue weighted by molar-refractivity contribution is -0.164. The molecule has 0 aromatic rings. The highest BCUT2D eigenvalue weighted by atomic mass is 19.4. The van der Waals surface area contributed by atoms with Gasteiger partial charge in [0, 0.05) is 12.6 Å². The molecule has 1 aliphatic rings. The third-order valence-electron chi connectivity index (χ3n) is 3.35. The van der Waals surface area contributed by atoms with Crippen LogP contribution in [-0.2, 0) is 4.79 Å². The van der Waals surface area contributed by atoms with Crippen molar-refractivity contribution in [3.63, 3.8) is 0 Å². The molecule has 3 nitrogen and oxygen atoms in total. The van der Waals surface area contributed by atoms with Gasteiger partial charge in [-0.2, -0.15) is 13.2 Å². The number of nitrogens with zero attached hydrogens (tertiary/aromatic N) is 1. The summed E-state index contributed by atoms with van der Waals surface area (Å²) in [4.78, 5) is 13.0. The predicted molar refractivity (Wildman–Crippen MR) is 62.9 cm³/mol.